The number of nitrogens with one attached hydrogen (secondary N) is 1. The first-order valence-electron chi connectivity index (χ1n) is 7.25. The molecule has 0 spiro atoms. The molecule has 1 heteroatoms. The normalized spacial score (nSPS) is 13.0. The van der Waals surface area contributed by atoms with E-state index in [2.05, 4.69) is 58.1 Å². The van der Waals surface area contributed by atoms with Gasteiger partial charge in [-0.1, -0.05) is 50.1 Å². The second-order valence-electron chi connectivity index (χ2n) is 6.19. The summed E-state index contributed by atoms with van der Waals surface area (Å²) in [5.74, 6) is 1.51. The molecule has 1 rings (SSSR count). The Morgan fingerprint density at radius 1 is 1.00 bits per heavy atom. The van der Waals surface area contributed by atoms with Gasteiger partial charge in [0.1, 0.15) is 0 Å². The molecule has 1 atom stereocenters. The van der Waals surface area contributed by atoms with E-state index >= 15 is 0 Å². The second kappa shape index (κ2) is 7.58. The van der Waals surface area contributed by atoms with E-state index in [1.54, 1.807) is 0 Å². The fourth-order valence-electron chi connectivity index (χ4n) is 2.43. The van der Waals surface area contributed by atoms with Crippen LogP contribution in [0.25, 0.3) is 0 Å². The summed E-state index contributed by atoms with van der Waals surface area (Å²) in [5, 5.41) is 3.52. The summed E-state index contributed by atoms with van der Waals surface area (Å²) in [6, 6.07) is 6.90. The van der Waals surface area contributed by atoms with Crippen molar-refractivity contribution in [3.63, 3.8) is 0 Å². The van der Waals surface area contributed by atoms with Crippen molar-refractivity contribution in [3.05, 3.63) is 34.9 Å². The van der Waals surface area contributed by atoms with Gasteiger partial charge in [-0.25, -0.2) is 0 Å². The zero-order valence-electron chi connectivity index (χ0n) is 12.7. The summed E-state index contributed by atoms with van der Waals surface area (Å²) >= 11 is 0. The van der Waals surface area contributed by atoms with Crippen molar-refractivity contribution in [3.8, 4) is 0 Å². The van der Waals surface area contributed by atoms with E-state index < -0.39 is 0 Å². The largest absolute Gasteiger partial charge is 0.316 e. The third-order valence-electron chi connectivity index (χ3n) is 3.23. The topological polar surface area (TPSA) is 12.0 Å². The molecular weight excluding hydrogens is 218 g/mol. The minimum absolute atomic E-state index is 0.750. The van der Waals surface area contributed by atoms with Crippen molar-refractivity contribution in [2.24, 2.45) is 11.8 Å². The smallest absolute Gasteiger partial charge is 0.00258 e. The molecule has 0 aliphatic heterocycles. The van der Waals surface area contributed by atoms with Gasteiger partial charge in [0, 0.05) is 0 Å². The fraction of sp³-hybridized carbons (Fsp3) is 0.647. The maximum Gasteiger partial charge on any atom is -0.00258 e. The Morgan fingerprint density at radius 3 is 2.17 bits per heavy atom. The van der Waals surface area contributed by atoms with Crippen LogP contribution in [0.1, 0.15) is 43.9 Å². The van der Waals surface area contributed by atoms with Gasteiger partial charge in [-0.15, -0.1) is 0 Å². The van der Waals surface area contributed by atoms with E-state index in [1.807, 2.05) is 0 Å². The van der Waals surface area contributed by atoms with Crippen LogP contribution in [0.2, 0.25) is 0 Å². The van der Waals surface area contributed by atoms with Crippen LogP contribution in [0.4, 0.5) is 0 Å². The van der Waals surface area contributed by atoms with Gasteiger partial charge in [-0.05, 0) is 57.2 Å². The lowest BCUT2D eigenvalue weighted by Crippen LogP contribution is -2.22. The third-order valence-corrected chi connectivity index (χ3v) is 3.23. The van der Waals surface area contributed by atoms with Crippen molar-refractivity contribution in [1.82, 2.24) is 5.32 Å². The molecule has 0 aliphatic carbocycles. The summed E-state index contributed by atoms with van der Waals surface area (Å²) in [4.78, 5) is 0. The van der Waals surface area contributed by atoms with Gasteiger partial charge in [0.15, 0.2) is 0 Å². The predicted octanol–water partition coefficient (Wildman–Crippen LogP) is 4.12. The van der Waals surface area contributed by atoms with Crippen molar-refractivity contribution < 1.29 is 0 Å². The highest BCUT2D eigenvalue weighted by Crippen LogP contribution is 2.15. The average Bonchev–Trinajstić information content (AvgIpc) is 2.22. The van der Waals surface area contributed by atoms with Crippen molar-refractivity contribution >= 4 is 0 Å². The quantitative estimate of drug-likeness (QED) is 0.715. The highest BCUT2D eigenvalue weighted by atomic mass is 14.8. The molecule has 0 saturated carbocycles. The molecule has 0 radical (unpaired) electrons. The molecule has 0 bridgehead atoms. The summed E-state index contributed by atoms with van der Waals surface area (Å²) in [5.41, 5.74) is 4.26. The van der Waals surface area contributed by atoms with Crippen LogP contribution >= 0.6 is 0 Å². The number of benzene rings is 1. The van der Waals surface area contributed by atoms with Gasteiger partial charge < -0.3 is 5.32 Å². The Bertz CT molecular complexity index is 334. The van der Waals surface area contributed by atoms with Crippen LogP contribution in [0.3, 0.4) is 0 Å². The molecule has 1 N–H and O–H groups in total. The molecule has 0 aliphatic rings. The summed E-state index contributed by atoms with van der Waals surface area (Å²) in [6.07, 6.45) is 2.46. The molecule has 1 unspecified atom stereocenters. The van der Waals surface area contributed by atoms with Gasteiger partial charge in [-0.3, -0.25) is 0 Å². The molecule has 102 valence electrons. The molecule has 0 saturated heterocycles. The Morgan fingerprint density at radius 2 is 1.61 bits per heavy atom. The van der Waals surface area contributed by atoms with E-state index in [4.69, 9.17) is 0 Å². The molecular formula is C17H29N. The Hall–Kier alpha value is -0.820. The number of hydrogen-bond acceptors (Lipinski definition) is 1. The minimum Gasteiger partial charge on any atom is -0.316 e. The Balaban J connectivity index is 2.33. The minimum atomic E-state index is 0.750. The van der Waals surface area contributed by atoms with E-state index in [9.17, 15) is 0 Å². The van der Waals surface area contributed by atoms with Gasteiger partial charge >= 0.3 is 0 Å². The Kier molecular flexibility index (Phi) is 6.42. The lowest BCUT2D eigenvalue weighted by atomic mass is 9.95. The van der Waals surface area contributed by atoms with Crippen LogP contribution < -0.4 is 5.32 Å². The molecule has 0 amide bonds. The van der Waals surface area contributed by atoms with Gasteiger partial charge in [-0.2, -0.15) is 0 Å². The number of aryl methyl sites for hydroxylation is 2. The summed E-state index contributed by atoms with van der Waals surface area (Å²) in [6.45, 7) is 13.5. The van der Waals surface area contributed by atoms with Gasteiger partial charge in [0.2, 0.25) is 0 Å². The SMILES string of the molecule is Cc1cc(C)cc(CC(C)CCNCC(C)C)c1. The first-order valence-corrected chi connectivity index (χ1v) is 7.25. The van der Waals surface area contributed by atoms with Crippen molar-refractivity contribution in [2.45, 2.75) is 47.5 Å². The van der Waals surface area contributed by atoms with Crippen LogP contribution in [-0.2, 0) is 6.42 Å². The summed E-state index contributed by atoms with van der Waals surface area (Å²) in [7, 11) is 0. The Labute approximate surface area is 113 Å². The molecule has 18 heavy (non-hydrogen) atoms. The molecule has 0 fully saturated rings. The monoisotopic (exact) mass is 247 g/mol. The zero-order valence-corrected chi connectivity index (χ0v) is 12.7. The lowest BCUT2D eigenvalue weighted by molar-refractivity contribution is 0.474. The maximum absolute atomic E-state index is 3.52. The van der Waals surface area contributed by atoms with Crippen LogP contribution in [0.5, 0.6) is 0 Å². The first kappa shape index (κ1) is 15.2. The molecule has 0 heterocycles. The second-order valence-corrected chi connectivity index (χ2v) is 6.19. The maximum atomic E-state index is 3.52. The number of rotatable bonds is 7. The summed E-state index contributed by atoms with van der Waals surface area (Å²) < 4.78 is 0. The molecule has 1 nitrogen and oxygen atoms in total. The predicted molar refractivity (Wildman–Crippen MR) is 81.1 cm³/mol. The molecule has 1 aromatic rings. The van der Waals surface area contributed by atoms with Crippen molar-refractivity contribution in [2.75, 3.05) is 13.1 Å². The lowest BCUT2D eigenvalue weighted by Gasteiger charge is -2.14. The van der Waals surface area contributed by atoms with Crippen LogP contribution in [-0.4, -0.2) is 13.1 Å². The van der Waals surface area contributed by atoms with E-state index in [1.165, 1.54) is 29.5 Å². The van der Waals surface area contributed by atoms with Crippen molar-refractivity contribution in [1.29, 1.82) is 0 Å². The highest BCUT2D eigenvalue weighted by Gasteiger charge is 2.05. The third kappa shape index (κ3) is 6.20. The van der Waals surface area contributed by atoms with Gasteiger partial charge in [0.05, 0.1) is 0 Å². The van der Waals surface area contributed by atoms with E-state index in [0.29, 0.717) is 0 Å². The number of hydrogen-bond donors (Lipinski definition) is 1. The first-order chi connectivity index (χ1) is 8.47. The van der Waals surface area contributed by atoms with E-state index in [-0.39, 0.29) is 0 Å². The molecule has 0 aromatic heterocycles. The standard InChI is InChI=1S/C17H29N/c1-13(2)12-18-7-6-14(3)9-17-10-15(4)8-16(5)11-17/h8,10-11,13-14,18H,6-7,9,12H2,1-5H3. The fourth-order valence-corrected chi connectivity index (χ4v) is 2.43. The highest BCUT2D eigenvalue weighted by molar-refractivity contribution is 5.28. The average molecular weight is 247 g/mol. The van der Waals surface area contributed by atoms with Gasteiger partial charge in [0.25, 0.3) is 0 Å². The zero-order chi connectivity index (χ0) is 13.5. The molecule has 1 aromatic carbocycles. The van der Waals surface area contributed by atoms with Crippen LogP contribution in [0.15, 0.2) is 18.2 Å². The van der Waals surface area contributed by atoms with Crippen LogP contribution in [0, 0.1) is 25.7 Å². The van der Waals surface area contributed by atoms with E-state index in [0.717, 1.165) is 24.9 Å².